The Kier molecular flexibility index (Phi) is 3.63. The Hall–Kier alpha value is -1.87. The van der Waals surface area contributed by atoms with E-state index in [1.807, 2.05) is 6.07 Å². The number of hydrogen-bond acceptors (Lipinski definition) is 2. The molecule has 0 amide bonds. The quantitative estimate of drug-likeness (QED) is 0.680. The molecule has 0 aliphatic rings. The first kappa shape index (κ1) is 12.6. The number of nitrogen functional groups attached to an aromatic ring is 1. The Bertz CT molecular complexity index is 598. The second-order valence-electron chi connectivity index (χ2n) is 3.97. The van der Waals surface area contributed by atoms with E-state index in [1.165, 1.54) is 12.1 Å². The zero-order valence-corrected chi connectivity index (χ0v) is 10.2. The van der Waals surface area contributed by atoms with Crippen LogP contribution >= 0.6 is 11.6 Å². The Morgan fingerprint density at radius 3 is 2.67 bits per heavy atom. The molecule has 0 heterocycles. The van der Waals surface area contributed by atoms with Crippen LogP contribution in [0.4, 0.5) is 10.1 Å². The average Bonchev–Trinajstić information content (AvgIpc) is 2.28. The molecule has 0 bridgehead atoms. The minimum absolute atomic E-state index is 0.129. The van der Waals surface area contributed by atoms with Crippen molar-refractivity contribution in [2.24, 2.45) is 0 Å². The monoisotopic (exact) mass is 263 g/mol. The van der Waals surface area contributed by atoms with Crippen LogP contribution in [-0.4, -0.2) is 5.78 Å². The molecule has 0 aliphatic carbocycles. The predicted octanol–water partition coefficient (Wildman–Crippen LogP) is 3.49. The predicted molar refractivity (Wildman–Crippen MR) is 70.3 cm³/mol. The summed E-state index contributed by atoms with van der Waals surface area (Å²) in [5.41, 5.74) is 7.36. The number of halogens is 2. The lowest BCUT2D eigenvalue weighted by Gasteiger charge is -2.04. The number of carbonyl (C=O) groups excluding carboxylic acids is 1. The minimum Gasteiger partial charge on any atom is -0.399 e. The molecule has 0 unspecified atom stereocenters. The largest absolute Gasteiger partial charge is 0.399 e. The van der Waals surface area contributed by atoms with Gasteiger partial charge in [-0.2, -0.15) is 0 Å². The summed E-state index contributed by atoms with van der Waals surface area (Å²) in [6.07, 6.45) is 0.191. The second-order valence-corrected chi connectivity index (χ2v) is 4.38. The number of nitrogens with two attached hydrogens (primary N) is 1. The van der Waals surface area contributed by atoms with Crippen LogP contribution in [0.3, 0.4) is 0 Å². The van der Waals surface area contributed by atoms with Gasteiger partial charge in [-0.3, -0.25) is 4.79 Å². The van der Waals surface area contributed by atoms with Gasteiger partial charge in [-0.25, -0.2) is 4.39 Å². The van der Waals surface area contributed by atoms with E-state index < -0.39 is 5.82 Å². The van der Waals surface area contributed by atoms with Crippen LogP contribution in [0.2, 0.25) is 5.02 Å². The number of carbonyl (C=O) groups is 1. The summed E-state index contributed by atoms with van der Waals surface area (Å²) in [5.74, 6) is -0.619. The van der Waals surface area contributed by atoms with Gasteiger partial charge in [0.1, 0.15) is 5.82 Å². The highest BCUT2D eigenvalue weighted by Crippen LogP contribution is 2.19. The first-order valence-electron chi connectivity index (χ1n) is 5.39. The van der Waals surface area contributed by atoms with E-state index in [9.17, 15) is 9.18 Å². The zero-order chi connectivity index (χ0) is 13.1. The molecule has 2 N–H and O–H groups in total. The van der Waals surface area contributed by atoms with Crippen molar-refractivity contribution in [3.8, 4) is 0 Å². The van der Waals surface area contributed by atoms with Crippen LogP contribution in [0.25, 0.3) is 0 Å². The molecule has 0 fully saturated rings. The van der Waals surface area contributed by atoms with E-state index in [4.69, 9.17) is 17.3 Å². The summed E-state index contributed by atoms with van der Waals surface area (Å²) in [7, 11) is 0. The van der Waals surface area contributed by atoms with Crippen molar-refractivity contribution in [2.75, 3.05) is 5.73 Å². The molecule has 0 radical (unpaired) electrons. The molecule has 2 aromatic carbocycles. The number of anilines is 1. The third-order valence-electron chi connectivity index (χ3n) is 2.55. The fourth-order valence-corrected chi connectivity index (χ4v) is 1.97. The van der Waals surface area contributed by atoms with Crippen molar-refractivity contribution in [1.29, 1.82) is 0 Å². The van der Waals surface area contributed by atoms with Crippen molar-refractivity contribution >= 4 is 23.1 Å². The van der Waals surface area contributed by atoms with E-state index >= 15 is 0 Å². The molecular formula is C14H11ClFNO. The summed E-state index contributed by atoms with van der Waals surface area (Å²) < 4.78 is 12.9. The van der Waals surface area contributed by atoms with Gasteiger partial charge in [0.05, 0.1) is 5.02 Å². The molecule has 92 valence electrons. The number of Topliss-reactive ketones (excluding diaryl/α,β-unsaturated/α-hetero) is 1. The van der Waals surface area contributed by atoms with Gasteiger partial charge in [0.2, 0.25) is 0 Å². The second kappa shape index (κ2) is 5.19. The molecule has 2 aromatic rings. The van der Waals surface area contributed by atoms with Crippen LogP contribution in [0.1, 0.15) is 15.9 Å². The van der Waals surface area contributed by atoms with Gasteiger partial charge >= 0.3 is 0 Å². The Morgan fingerprint density at radius 2 is 2.00 bits per heavy atom. The van der Waals surface area contributed by atoms with Crippen LogP contribution in [-0.2, 0) is 6.42 Å². The molecule has 0 spiro atoms. The Labute approximate surface area is 109 Å². The number of rotatable bonds is 3. The normalized spacial score (nSPS) is 10.3. The van der Waals surface area contributed by atoms with Gasteiger partial charge in [-0.15, -0.1) is 0 Å². The van der Waals surface area contributed by atoms with E-state index in [0.717, 1.165) is 11.6 Å². The average molecular weight is 264 g/mol. The summed E-state index contributed by atoms with van der Waals surface area (Å²) >= 11 is 5.84. The number of benzene rings is 2. The van der Waals surface area contributed by atoms with Crippen LogP contribution in [0, 0.1) is 5.82 Å². The maximum Gasteiger partial charge on any atom is 0.168 e. The highest BCUT2D eigenvalue weighted by molar-refractivity contribution is 6.34. The summed E-state index contributed by atoms with van der Waals surface area (Å²) in [6.45, 7) is 0. The van der Waals surface area contributed by atoms with Crippen molar-refractivity contribution in [2.45, 2.75) is 6.42 Å². The first-order valence-corrected chi connectivity index (χ1v) is 5.77. The SMILES string of the molecule is Nc1cccc(CC(=O)c2ccc(F)cc2Cl)c1. The molecule has 18 heavy (non-hydrogen) atoms. The molecule has 0 saturated carbocycles. The molecule has 0 saturated heterocycles. The smallest absolute Gasteiger partial charge is 0.168 e. The molecule has 2 rings (SSSR count). The van der Waals surface area contributed by atoms with Gasteiger partial charge in [-0.05, 0) is 35.9 Å². The van der Waals surface area contributed by atoms with Gasteiger partial charge < -0.3 is 5.73 Å². The van der Waals surface area contributed by atoms with E-state index in [2.05, 4.69) is 0 Å². The molecule has 0 aliphatic heterocycles. The molecule has 0 atom stereocenters. The van der Waals surface area contributed by atoms with Crippen molar-refractivity contribution in [3.63, 3.8) is 0 Å². The highest BCUT2D eigenvalue weighted by Gasteiger charge is 2.11. The third kappa shape index (κ3) is 2.87. The first-order chi connectivity index (χ1) is 8.56. The lowest BCUT2D eigenvalue weighted by atomic mass is 10.0. The van der Waals surface area contributed by atoms with Gasteiger partial charge in [0.25, 0.3) is 0 Å². The molecule has 2 nitrogen and oxygen atoms in total. The van der Waals surface area contributed by atoms with E-state index in [-0.39, 0.29) is 17.2 Å². The number of ketones is 1. The van der Waals surface area contributed by atoms with E-state index in [1.54, 1.807) is 18.2 Å². The van der Waals surface area contributed by atoms with Crippen LogP contribution in [0.5, 0.6) is 0 Å². The minimum atomic E-state index is -0.458. The lowest BCUT2D eigenvalue weighted by Crippen LogP contribution is -2.05. The standard InChI is InChI=1S/C14H11ClFNO/c15-13-8-10(16)4-5-12(13)14(18)7-9-2-1-3-11(17)6-9/h1-6,8H,7,17H2. The van der Waals surface area contributed by atoms with Gasteiger partial charge in [0.15, 0.2) is 5.78 Å². The zero-order valence-electron chi connectivity index (χ0n) is 9.49. The van der Waals surface area contributed by atoms with Gasteiger partial charge in [-0.1, -0.05) is 23.7 Å². The van der Waals surface area contributed by atoms with Crippen molar-refractivity contribution in [1.82, 2.24) is 0 Å². The summed E-state index contributed by atoms with van der Waals surface area (Å²) in [5, 5.41) is 0.129. The molecule has 0 aromatic heterocycles. The van der Waals surface area contributed by atoms with Crippen molar-refractivity contribution in [3.05, 3.63) is 64.4 Å². The summed E-state index contributed by atoms with van der Waals surface area (Å²) in [4.78, 5) is 12.0. The Morgan fingerprint density at radius 1 is 1.22 bits per heavy atom. The fraction of sp³-hybridized carbons (Fsp3) is 0.0714. The summed E-state index contributed by atoms with van der Waals surface area (Å²) in [6, 6.07) is 10.8. The fourth-order valence-electron chi connectivity index (χ4n) is 1.70. The van der Waals surface area contributed by atoms with Crippen LogP contribution in [0.15, 0.2) is 42.5 Å². The molecular weight excluding hydrogens is 253 g/mol. The van der Waals surface area contributed by atoms with Gasteiger partial charge in [0, 0.05) is 17.7 Å². The third-order valence-corrected chi connectivity index (χ3v) is 2.86. The number of hydrogen-bond donors (Lipinski definition) is 1. The maximum atomic E-state index is 12.9. The molecule has 4 heteroatoms. The van der Waals surface area contributed by atoms with E-state index in [0.29, 0.717) is 11.3 Å². The van der Waals surface area contributed by atoms with Crippen molar-refractivity contribution < 1.29 is 9.18 Å². The topological polar surface area (TPSA) is 43.1 Å². The maximum absolute atomic E-state index is 12.9. The Balaban J connectivity index is 2.22. The highest BCUT2D eigenvalue weighted by atomic mass is 35.5. The lowest BCUT2D eigenvalue weighted by molar-refractivity contribution is 0.0993. The van der Waals surface area contributed by atoms with Crippen LogP contribution < -0.4 is 5.73 Å².